The van der Waals surface area contributed by atoms with E-state index in [2.05, 4.69) is 5.32 Å². The lowest BCUT2D eigenvalue weighted by atomic mass is 9.71. The second kappa shape index (κ2) is 7.58. The van der Waals surface area contributed by atoms with Crippen LogP contribution in [-0.2, 0) is 20.7 Å². The van der Waals surface area contributed by atoms with Crippen LogP contribution in [0, 0.1) is 23.1 Å². The molecule has 1 N–H and O–H groups in total. The Labute approximate surface area is 159 Å². The van der Waals surface area contributed by atoms with E-state index in [1.165, 1.54) is 25.0 Å². The lowest BCUT2D eigenvalue weighted by Crippen LogP contribution is -2.44. The third-order valence-electron chi connectivity index (χ3n) is 6.31. The lowest BCUT2D eigenvalue weighted by molar-refractivity contribution is -0.130. The summed E-state index contributed by atoms with van der Waals surface area (Å²) < 4.78 is 18.9. The van der Waals surface area contributed by atoms with Gasteiger partial charge in [-0.25, -0.2) is 4.39 Å². The van der Waals surface area contributed by atoms with Gasteiger partial charge in [0.2, 0.25) is 11.8 Å². The molecule has 4 rings (SSSR count). The van der Waals surface area contributed by atoms with E-state index >= 15 is 0 Å². The van der Waals surface area contributed by atoms with Gasteiger partial charge in [0.25, 0.3) is 0 Å². The maximum absolute atomic E-state index is 13.4. The zero-order chi connectivity index (χ0) is 18.9. The van der Waals surface area contributed by atoms with Crippen molar-refractivity contribution in [2.75, 3.05) is 32.8 Å². The molecule has 2 amide bonds. The van der Waals surface area contributed by atoms with E-state index in [1.807, 2.05) is 0 Å². The second-order valence-corrected chi connectivity index (χ2v) is 8.30. The Morgan fingerprint density at radius 1 is 1.26 bits per heavy atom. The molecule has 1 atom stereocenters. The minimum absolute atomic E-state index is 0.0380. The first-order chi connectivity index (χ1) is 13.1. The van der Waals surface area contributed by atoms with Crippen molar-refractivity contribution in [3.8, 4) is 0 Å². The number of hydrogen-bond acceptors (Lipinski definition) is 3. The SMILES string of the molecule is O=C(NCC1CC1)[C@@H]1CN(C(=O)Cc2cccc(F)c2)CC12CCOCC2. The quantitative estimate of drug-likeness (QED) is 0.859. The number of carbonyl (C=O) groups is 2. The van der Waals surface area contributed by atoms with Gasteiger partial charge in [-0.15, -0.1) is 0 Å². The summed E-state index contributed by atoms with van der Waals surface area (Å²) in [6.07, 6.45) is 4.17. The molecule has 1 spiro atoms. The van der Waals surface area contributed by atoms with Gasteiger partial charge in [-0.1, -0.05) is 12.1 Å². The van der Waals surface area contributed by atoms with Crippen molar-refractivity contribution in [3.63, 3.8) is 0 Å². The number of nitrogens with zero attached hydrogens (tertiary/aromatic N) is 1. The predicted molar refractivity (Wildman–Crippen MR) is 98.4 cm³/mol. The molecule has 146 valence electrons. The van der Waals surface area contributed by atoms with Crippen LogP contribution in [0.2, 0.25) is 0 Å². The van der Waals surface area contributed by atoms with Crippen molar-refractivity contribution in [2.45, 2.75) is 32.1 Å². The number of halogens is 1. The zero-order valence-corrected chi connectivity index (χ0v) is 15.6. The first-order valence-electron chi connectivity index (χ1n) is 9.93. The molecule has 5 nitrogen and oxygen atoms in total. The number of rotatable bonds is 5. The fourth-order valence-corrected chi connectivity index (χ4v) is 4.43. The summed E-state index contributed by atoms with van der Waals surface area (Å²) in [7, 11) is 0. The Bertz CT molecular complexity index is 713. The van der Waals surface area contributed by atoms with E-state index in [9.17, 15) is 14.0 Å². The zero-order valence-electron chi connectivity index (χ0n) is 15.6. The molecule has 1 saturated carbocycles. The molecule has 3 aliphatic rings. The van der Waals surface area contributed by atoms with E-state index < -0.39 is 0 Å². The van der Waals surface area contributed by atoms with Crippen molar-refractivity contribution < 1.29 is 18.7 Å². The third-order valence-corrected chi connectivity index (χ3v) is 6.31. The van der Waals surface area contributed by atoms with Crippen LogP contribution in [-0.4, -0.2) is 49.6 Å². The summed E-state index contributed by atoms with van der Waals surface area (Å²) in [6.45, 7) is 3.06. The highest BCUT2D eigenvalue weighted by Gasteiger charge is 2.51. The largest absolute Gasteiger partial charge is 0.381 e. The van der Waals surface area contributed by atoms with Gasteiger partial charge >= 0.3 is 0 Å². The van der Waals surface area contributed by atoms with Crippen LogP contribution in [0.15, 0.2) is 24.3 Å². The summed E-state index contributed by atoms with van der Waals surface area (Å²) in [5.41, 5.74) is 0.478. The van der Waals surface area contributed by atoms with E-state index in [1.54, 1.807) is 17.0 Å². The number of carbonyl (C=O) groups excluding carboxylic acids is 2. The van der Waals surface area contributed by atoms with Gasteiger partial charge in [-0.3, -0.25) is 9.59 Å². The van der Waals surface area contributed by atoms with E-state index in [-0.39, 0.29) is 35.4 Å². The smallest absolute Gasteiger partial charge is 0.227 e. The molecule has 1 aromatic rings. The minimum Gasteiger partial charge on any atom is -0.381 e. The molecule has 6 heteroatoms. The van der Waals surface area contributed by atoms with Crippen LogP contribution < -0.4 is 5.32 Å². The fourth-order valence-electron chi connectivity index (χ4n) is 4.43. The molecule has 1 aromatic carbocycles. The normalized spacial score (nSPS) is 24.2. The van der Waals surface area contributed by atoms with Crippen molar-refractivity contribution >= 4 is 11.8 Å². The fraction of sp³-hybridized carbons (Fsp3) is 0.619. The van der Waals surface area contributed by atoms with Crippen molar-refractivity contribution in [1.82, 2.24) is 10.2 Å². The van der Waals surface area contributed by atoms with Gasteiger partial charge in [0, 0.05) is 38.3 Å². The molecule has 2 heterocycles. The topological polar surface area (TPSA) is 58.6 Å². The summed E-state index contributed by atoms with van der Waals surface area (Å²) in [5.74, 6) is 0.150. The van der Waals surface area contributed by atoms with Crippen LogP contribution in [0.3, 0.4) is 0 Å². The molecule has 27 heavy (non-hydrogen) atoms. The Kier molecular flexibility index (Phi) is 5.17. The molecule has 0 unspecified atom stereocenters. The molecule has 0 bridgehead atoms. The molecule has 0 radical (unpaired) electrons. The molecular formula is C21H27FN2O3. The van der Waals surface area contributed by atoms with Crippen LogP contribution in [0.5, 0.6) is 0 Å². The summed E-state index contributed by atoms with van der Waals surface area (Å²) in [4.78, 5) is 27.5. The molecule has 2 aliphatic heterocycles. The highest BCUT2D eigenvalue weighted by molar-refractivity contribution is 5.84. The minimum atomic E-state index is -0.333. The molecule has 3 fully saturated rings. The Morgan fingerprint density at radius 2 is 2.04 bits per heavy atom. The van der Waals surface area contributed by atoms with Crippen molar-refractivity contribution in [1.29, 1.82) is 0 Å². The summed E-state index contributed by atoms with van der Waals surface area (Å²) >= 11 is 0. The molecule has 1 aliphatic carbocycles. The monoisotopic (exact) mass is 374 g/mol. The van der Waals surface area contributed by atoms with Gasteiger partial charge in [0.05, 0.1) is 12.3 Å². The standard InChI is InChI=1S/C21H27FN2O3/c22-17-3-1-2-16(10-17)11-19(25)24-13-18(20(26)23-12-15-4-5-15)21(14-24)6-8-27-9-7-21/h1-3,10,15,18H,4-9,11-14H2,(H,23,26)/t18-/m0/s1. The van der Waals surface area contributed by atoms with E-state index in [0.717, 1.165) is 19.4 Å². The summed E-state index contributed by atoms with van der Waals surface area (Å²) in [6, 6.07) is 6.16. The van der Waals surface area contributed by atoms with Gasteiger partial charge in [0.1, 0.15) is 5.82 Å². The Hall–Kier alpha value is -1.95. The van der Waals surface area contributed by atoms with Gasteiger partial charge in [-0.05, 0) is 49.3 Å². The van der Waals surface area contributed by atoms with E-state index in [0.29, 0.717) is 37.8 Å². The number of hydrogen-bond donors (Lipinski definition) is 1. The Balaban J connectivity index is 1.45. The second-order valence-electron chi connectivity index (χ2n) is 8.30. The highest BCUT2D eigenvalue weighted by Crippen LogP contribution is 2.44. The molecule has 0 aromatic heterocycles. The molecule has 2 saturated heterocycles. The maximum atomic E-state index is 13.4. The third kappa shape index (κ3) is 4.15. The average molecular weight is 374 g/mol. The average Bonchev–Trinajstić information content (AvgIpc) is 3.42. The van der Waals surface area contributed by atoms with Crippen LogP contribution in [0.1, 0.15) is 31.2 Å². The highest BCUT2D eigenvalue weighted by atomic mass is 19.1. The number of nitrogens with one attached hydrogen (secondary N) is 1. The van der Waals surface area contributed by atoms with Crippen LogP contribution >= 0.6 is 0 Å². The van der Waals surface area contributed by atoms with Gasteiger partial charge < -0.3 is 15.0 Å². The lowest BCUT2D eigenvalue weighted by Gasteiger charge is -2.37. The van der Waals surface area contributed by atoms with Gasteiger partial charge in [0.15, 0.2) is 0 Å². The predicted octanol–water partition coefficient (Wildman–Crippen LogP) is 2.15. The molecular weight excluding hydrogens is 347 g/mol. The van der Waals surface area contributed by atoms with Crippen molar-refractivity contribution in [2.24, 2.45) is 17.3 Å². The van der Waals surface area contributed by atoms with Crippen molar-refractivity contribution in [3.05, 3.63) is 35.6 Å². The maximum Gasteiger partial charge on any atom is 0.227 e. The number of benzene rings is 1. The van der Waals surface area contributed by atoms with Gasteiger partial charge in [-0.2, -0.15) is 0 Å². The first-order valence-corrected chi connectivity index (χ1v) is 9.93. The van der Waals surface area contributed by atoms with Crippen LogP contribution in [0.25, 0.3) is 0 Å². The number of likely N-dealkylation sites (tertiary alicyclic amines) is 1. The summed E-state index contributed by atoms with van der Waals surface area (Å²) in [5, 5.41) is 3.11. The number of ether oxygens (including phenoxy) is 1. The van der Waals surface area contributed by atoms with E-state index in [4.69, 9.17) is 4.74 Å². The van der Waals surface area contributed by atoms with Crippen LogP contribution in [0.4, 0.5) is 4.39 Å². The Morgan fingerprint density at radius 3 is 2.74 bits per heavy atom. The number of amides is 2. The first kappa shape index (κ1) is 18.4.